The van der Waals surface area contributed by atoms with Gasteiger partial charge in [0.25, 0.3) is 0 Å². The standard InChI is InChI=1S/C15H12I3NO4/c16-10-6-8(23-12-4-1-7(20)5-11(12)17)2-3-9(10)13(18)14(19)15(21)22/h1-6,13-14,20H,19H2,(H,21,22)/t13-,14+/m0/s1. The SMILES string of the molecule is N[C@@H](C(=O)O)[C@@H](I)c1ccc(Oc2ccc(O)cc2I)cc1I. The fourth-order valence-electron chi connectivity index (χ4n) is 1.81. The number of nitrogens with two attached hydrogens (primary N) is 1. The maximum Gasteiger partial charge on any atom is 0.321 e. The number of hydrogen-bond donors (Lipinski definition) is 3. The molecule has 5 nitrogen and oxygen atoms in total. The second-order valence-corrected chi connectivity index (χ2v) is 8.33. The van der Waals surface area contributed by atoms with Crippen molar-refractivity contribution < 1.29 is 19.7 Å². The van der Waals surface area contributed by atoms with Gasteiger partial charge in [0.2, 0.25) is 0 Å². The zero-order valence-corrected chi connectivity index (χ0v) is 18.0. The molecule has 0 aromatic heterocycles. The molecule has 2 rings (SSSR count). The van der Waals surface area contributed by atoms with Gasteiger partial charge in [-0.2, -0.15) is 0 Å². The highest BCUT2D eigenvalue weighted by molar-refractivity contribution is 14.1. The van der Waals surface area contributed by atoms with E-state index in [9.17, 15) is 9.90 Å². The molecule has 0 aliphatic rings. The van der Waals surface area contributed by atoms with E-state index in [2.05, 4.69) is 45.2 Å². The van der Waals surface area contributed by atoms with Gasteiger partial charge in [-0.05, 0) is 81.1 Å². The maximum absolute atomic E-state index is 11.0. The smallest absolute Gasteiger partial charge is 0.321 e. The van der Waals surface area contributed by atoms with Crippen molar-refractivity contribution in [1.29, 1.82) is 0 Å². The van der Waals surface area contributed by atoms with Crippen molar-refractivity contribution in [3.05, 3.63) is 49.1 Å². The van der Waals surface area contributed by atoms with E-state index in [-0.39, 0.29) is 9.67 Å². The normalized spacial score (nSPS) is 13.4. The number of aromatic hydroxyl groups is 1. The van der Waals surface area contributed by atoms with Gasteiger partial charge in [-0.15, -0.1) is 0 Å². The van der Waals surface area contributed by atoms with E-state index in [1.807, 2.05) is 34.7 Å². The van der Waals surface area contributed by atoms with Crippen LogP contribution in [-0.2, 0) is 4.79 Å². The van der Waals surface area contributed by atoms with Gasteiger partial charge < -0.3 is 20.7 Å². The average molecular weight is 651 g/mol. The largest absolute Gasteiger partial charge is 0.508 e. The summed E-state index contributed by atoms with van der Waals surface area (Å²) in [6.45, 7) is 0. The molecular weight excluding hydrogens is 639 g/mol. The first-order valence-electron chi connectivity index (χ1n) is 6.38. The van der Waals surface area contributed by atoms with Crippen LogP contribution in [0.15, 0.2) is 36.4 Å². The number of carboxylic acids is 1. The highest BCUT2D eigenvalue weighted by Crippen LogP contribution is 2.35. The first-order chi connectivity index (χ1) is 10.8. The Labute approximate surface area is 174 Å². The topological polar surface area (TPSA) is 92.8 Å². The summed E-state index contributed by atoms with van der Waals surface area (Å²) in [5, 5.41) is 18.4. The molecule has 0 heterocycles. The van der Waals surface area contributed by atoms with Crippen LogP contribution in [0.25, 0.3) is 0 Å². The van der Waals surface area contributed by atoms with Crippen molar-refractivity contribution in [3.8, 4) is 17.2 Å². The summed E-state index contributed by atoms with van der Waals surface area (Å²) in [5.74, 6) is 0.427. The van der Waals surface area contributed by atoms with Crippen LogP contribution < -0.4 is 10.5 Å². The molecule has 2 aromatic rings. The number of ether oxygens (including phenoxy) is 1. The third-order valence-electron chi connectivity index (χ3n) is 3.01. The molecule has 2 aromatic carbocycles. The van der Waals surface area contributed by atoms with E-state index >= 15 is 0 Å². The van der Waals surface area contributed by atoms with Crippen LogP contribution in [0.1, 0.15) is 9.49 Å². The van der Waals surface area contributed by atoms with Crippen LogP contribution in [0.5, 0.6) is 17.2 Å². The first-order valence-corrected chi connectivity index (χ1v) is 9.78. The van der Waals surface area contributed by atoms with E-state index in [4.69, 9.17) is 15.6 Å². The third-order valence-corrected chi connectivity index (χ3v) is 6.24. The molecule has 23 heavy (non-hydrogen) atoms. The molecule has 0 saturated heterocycles. The number of aliphatic carboxylic acids is 1. The highest BCUT2D eigenvalue weighted by Gasteiger charge is 2.25. The minimum absolute atomic E-state index is 0.182. The molecule has 0 aliphatic carbocycles. The summed E-state index contributed by atoms with van der Waals surface area (Å²) in [6, 6.07) is 9.34. The quantitative estimate of drug-likeness (QED) is 0.332. The van der Waals surface area contributed by atoms with E-state index in [0.717, 1.165) is 12.7 Å². The van der Waals surface area contributed by atoms with Crippen molar-refractivity contribution in [1.82, 2.24) is 0 Å². The van der Waals surface area contributed by atoms with Crippen molar-refractivity contribution in [2.24, 2.45) is 5.73 Å². The van der Waals surface area contributed by atoms with Crippen molar-refractivity contribution >= 4 is 73.7 Å². The Morgan fingerprint density at radius 3 is 2.39 bits per heavy atom. The van der Waals surface area contributed by atoms with Crippen molar-refractivity contribution in [3.63, 3.8) is 0 Å². The molecule has 2 atom stereocenters. The fraction of sp³-hybridized carbons (Fsp3) is 0.133. The van der Waals surface area contributed by atoms with Gasteiger partial charge in [-0.1, -0.05) is 28.7 Å². The number of halogens is 3. The molecule has 0 saturated carbocycles. The van der Waals surface area contributed by atoms with E-state index < -0.39 is 12.0 Å². The maximum atomic E-state index is 11.0. The molecule has 0 spiro atoms. The van der Waals surface area contributed by atoms with Gasteiger partial charge >= 0.3 is 5.97 Å². The Balaban J connectivity index is 2.24. The molecular formula is C15H12I3NO4. The lowest BCUT2D eigenvalue weighted by Gasteiger charge is -2.17. The Kier molecular flexibility index (Phi) is 6.74. The molecule has 0 bridgehead atoms. The number of carbonyl (C=O) groups is 1. The average Bonchev–Trinajstić information content (AvgIpc) is 2.48. The van der Waals surface area contributed by atoms with Crippen LogP contribution in [0, 0.1) is 7.14 Å². The second kappa shape index (κ2) is 8.16. The molecule has 0 aliphatic heterocycles. The van der Waals surface area contributed by atoms with Gasteiger partial charge in [0.1, 0.15) is 23.3 Å². The fourth-order valence-corrected chi connectivity index (χ4v) is 4.69. The van der Waals surface area contributed by atoms with E-state index in [1.165, 1.54) is 0 Å². The van der Waals surface area contributed by atoms with Crippen LogP contribution >= 0.6 is 67.8 Å². The molecule has 122 valence electrons. The number of alkyl halides is 1. The molecule has 0 radical (unpaired) electrons. The first kappa shape index (κ1) is 19.0. The lowest BCUT2D eigenvalue weighted by molar-refractivity contribution is -0.138. The molecule has 0 unspecified atom stereocenters. The monoisotopic (exact) mass is 651 g/mol. The summed E-state index contributed by atoms with van der Waals surface area (Å²) in [7, 11) is 0. The van der Waals surface area contributed by atoms with Gasteiger partial charge in [0.05, 0.1) is 7.49 Å². The zero-order chi connectivity index (χ0) is 17.1. The van der Waals surface area contributed by atoms with Gasteiger partial charge in [-0.25, -0.2) is 0 Å². The summed E-state index contributed by atoms with van der Waals surface area (Å²) in [5.41, 5.74) is 6.55. The van der Waals surface area contributed by atoms with Gasteiger partial charge in [0.15, 0.2) is 0 Å². The predicted octanol–water partition coefficient (Wildman–Crippen LogP) is 4.28. The Hall–Kier alpha value is -0.340. The molecule has 4 N–H and O–H groups in total. The number of phenols is 1. The predicted molar refractivity (Wildman–Crippen MR) is 112 cm³/mol. The van der Waals surface area contributed by atoms with Crippen LogP contribution in [0.4, 0.5) is 0 Å². The third kappa shape index (κ3) is 4.82. The number of phenolic OH excluding ortho intramolecular Hbond substituents is 1. The lowest BCUT2D eigenvalue weighted by atomic mass is 10.1. The van der Waals surface area contributed by atoms with E-state index in [0.29, 0.717) is 11.5 Å². The Bertz CT molecular complexity index is 739. The minimum atomic E-state index is -1.03. The number of rotatable bonds is 5. The Morgan fingerprint density at radius 1 is 1.13 bits per heavy atom. The summed E-state index contributed by atoms with van der Waals surface area (Å²) < 4.78 is 7.15. The summed E-state index contributed by atoms with van der Waals surface area (Å²) >= 11 is 6.26. The number of benzene rings is 2. The van der Waals surface area contributed by atoms with Gasteiger partial charge in [-0.3, -0.25) is 4.79 Å². The van der Waals surface area contributed by atoms with Crippen LogP contribution in [0.3, 0.4) is 0 Å². The molecule has 0 fully saturated rings. The minimum Gasteiger partial charge on any atom is -0.508 e. The van der Waals surface area contributed by atoms with Crippen LogP contribution in [0.2, 0.25) is 0 Å². The zero-order valence-electron chi connectivity index (χ0n) is 11.5. The van der Waals surface area contributed by atoms with E-state index in [1.54, 1.807) is 24.3 Å². The second-order valence-electron chi connectivity index (χ2n) is 4.67. The Morgan fingerprint density at radius 2 is 1.83 bits per heavy atom. The lowest BCUT2D eigenvalue weighted by Crippen LogP contribution is -2.34. The molecule has 8 heteroatoms. The van der Waals surface area contributed by atoms with Crippen LogP contribution in [-0.4, -0.2) is 22.2 Å². The summed E-state index contributed by atoms with van der Waals surface area (Å²) in [6.07, 6.45) is 0. The van der Waals surface area contributed by atoms with Crippen molar-refractivity contribution in [2.75, 3.05) is 0 Å². The number of hydrogen-bond acceptors (Lipinski definition) is 4. The van der Waals surface area contributed by atoms with Crippen molar-refractivity contribution in [2.45, 2.75) is 9.97 Å². The van der Waals surface area contributed by atoms with Gasteiger partial charge in [0, 0.05) is 3.57 Å². The number of carboxylic acid groups (broad SMARTS) is 1. The summed E-state index contributed by atoms with van der Waals surface area (Å²) in [4.78, 5) is 11.0. The highest BCUT2D eigenvalue weighted by atomic mass is 127. The molecule has 0 amide bonds.